The van der Waals surface area contributed by atoms with E-state index in [1.165, 1.54) is 16.3 Å². The molecule has 0 radical (unpaired) electrons. The molecular weight excluding hydrogens is 250 g/mol. The van der Waals surface area contributed by atoms with Crippen LogP contribution in [0.1, 0.15) is 5.56 Å². The normalized spacial score (nSPS) is 10.4. The summed E-state index contributed by atoms with van der Waals surface area (Å²) in [4.78, 5) is 10.9. The van der Waals surface area contributed by atoms with Gasteiger partial charge in [-0.1, -0.05) is 42.1 Å². The molecule has 0 unspecified atom stereocenters. The van der Waals surface area contributed by atoms with Gasteiger partial charge in [-0.2, -0.15) is 0 Å². The number of nitrogens with two attached hydrogens (primary N) is 2. The zero-order chi connectivity index (χ0) is 13.0. The van der Waals surface area contributed by atoms with Crippen molar-refractivity contribution < 1.29 is 4.79 Å². The highest BCUT2D eigenvalue weighted by atomic mass is 32.2. The second-order valence-electron chi connectivity index (χ2n) is 3.67. The van der Waals surface area contributed by atoms with E-state index in [1.54, 1.807) is 0 Å². The minimum Gasteiger partial charge on any atom is -0.368 e. The predicted molar refractivity (Wildman–Crippen MR) is 69.6 cm³/mol. The molecule has 6 nitrogen and oxygen atoms in total. The molecular formula is C11H13N5OS. The lowest BCUT2D eigenvalue weighted by molar-refractivity contribution is -0.118. The molecule has 1 aromatic heterocycles. The number of amides is 1. The highest BCUT2D eigenvalue weighted by Gasteiger charge is 2.11. The highest BCUT2D eigenvalue weighted by molar-refractivity contribution is 7.98. The Morgan fingerprint density at radius 3 is 2.67 bits per heavy atom. The van der Waals surface area contributed by atoms with Gasteiger partial charge in [-0.15, -0.1) is 10.2 Å². The molecule has 0 bridgehead atoms. The predicted octanol–water partition coefficient (Wildman–Crippen LogP) is 0.638. The van der Waals surface area contributed by atoms with Gasteiger partial charge in [0.25, 0.3) is 0 Å². The molecule has 1 amide bonds. The smallest absolute Gasteiger partial charge is 0.237 e. The van der Waals surface area contributed by atoms with Crippen molar-refractivity contribution in [2.45, 2.75) is 17.5 Å². The molecule has 0 atom stereocenters. The third-order valence-corrected chi connectivity index (χ3v) is 3.31. The van der Waals surface area contributed by atoms with Crippen LogP contribution in [-0.4, -0.2) is 20.7 Å². The Morgan fingerprint density at radius 2 is 2.00 bits per heavy atom. The number of carbonyl (C=O) groups is 1. The molecule has 0 fully saturated rings. The SMILES string of the molecule is NC(=O)Cn1c(N)nnc1SCc1ccccc1. The number of nitrogens with zero attached hydrogens (tertiary/aromatic N) is 3. The van der Waals surface area contributed by atoms with E-state index in [0.29, 0.717) is 5.16 Å². The van der Waals surface area contributed by atoms with Crippen LogP contribution in [0.3, 0.4) is 0 Å². The molecule has 2 rings (SSSR count). The van der Waals surface area contributed by atoms with Crippen molar-refractivity contribution >= 4 is 23.6 Å². The van der Waals surface area contributed by atoms with Crippen molar-refractivity contribution in [1.82, 2.24) is 14.8 Å². The van der Waals surface area contributed by atoms with Gasteiger partial charge in [-0.3, -0.25) is 9.36 Å². The first-order valence-electron chi connectivity index (χ1n) is 5.30. The lowest BCUT2D eigenvalue weighted by Gasteiger charge is -2.05. The molecule has 0 saturated heterocycles. The fourth-order valence-electron chi connectivity index (χ4n) is 1.43. The number of thioether (sulfide) groups is 1. The topological polar surface area (TPSA) is 99.8 Å². The van der Waals surface area contributed by atoms with Crippen molar-refractivity contribution in [2.75, 3.05) is 5.73 Å². The van der Waals surface area contributed by atoms with E-state index in [1.807, 2.05) is 30.3 Å². The van der Waals surface area contributed by atoms with Crippen LogP contribution >= 0.6 is 11.8 Å². The molecule has 0 aliphatic rings. The van der Waals surface area contributed by atoms with Crippen LogP contribution in [0.2, 0.25) is 0 Å². The Hall–Kier alpha value is -2.02. The third-order valence-electron chi connectivity index (χ3n) is 2.27. The number of anilines is 1. The second-order valence-corrected chi connectivity index (χ2v) is 4.61. The molecule has 0 aliphatic heterocycles. The van der Waals surface area contributed by atoms with Gasteiger partial charge < -0.3 is 11.5 Å². The highest BCUT2D eigenvalue weighted by Crippen LogP contribution is 2.22. The summed E-state index contributed by atoms with van der Waals surface area (Å²) in [5.41, 5.74) is 11.9. The minimum absolute atomic E-state index is 0.00401. The molecule has 94 valence electrons. The Labute approximate surface area is 108 Å². The van der Waals surface area contributed by atoms with E-state index in [2.05, 4.69) is 10.2 Å². The second kappa shape index (κ2) is 5.54. The number of hydrogen-bond donors (Lipinski definition) is 2. The number of carbonyl (C=O) groups excluding carboxylic acids is 1. The maximum atomic E-state index is 10.9. The van der Waals surface area contributed by atoms with Gasteiger partial charge in [0.15, 0.2) is 5.16 Å². The van der Waals surface area contributed by atoms with Crippen LogP contribution in [0.4, 0.5) is 5.95 Å². The lowest BCUT2D eigenvalue weighted by atomic mass is 10.2. The first kappa shape index (κ1) is 12.4. The molecule has 1 heterocycles. The van der Waals surface area contributed by atoms with Crippen molar-refractivity contribution in [3.8, 4) is 0 Å². The Bertz CT molecular complexity index is 540. The van der Waals surface area contributed by atoms with Crippen LogP contribution < -0.4 is 11.5 Å². The quantitative estimate of drug-likeness (QED) is 0.771. The van der Waals surface area contributed by atoms with Crippen molar-refractivity contribution in [2.24, 2.45) is 5.73 Å². The van der Waals surface area contributed by atoms with Crippen LogP contribution in [-0.2, 0) is 17.1 Å². The summed E-state index contributed by atoms with van der Waals surface area (Å²) in [6.07, 6.45) is 0. The molecule has 0 spiro atoms. The number of primary amides is 1. The maximum Gasteiger partial charge on any atom is 0.237 e. The molecule has 18 heavy (non-hydrogen) atoms. The van der Waals surface area contributed by atoms with E-state index in [-0.39, 0.29) is 12.5 Å². The van der Waals surface area contributed by atoms with E-state index in [0.717, 1.165) is 11.3 Å². The number of hydrogen-bond acceptors (Lipinski definition) is 5. The summed E-state index contributed by atoms with van der Waals surface area (Å²) >= 11 is 1.46. The average Bonchev–Trinajstić information content (AvgIpc) is 2.69. The third kappa shape index (κ3) is 3.01. The van der Waals surface area contributed by atoms with Gasteiger partial charge in [0.05, 0.1) is 0 Å². The summed E-state index contributed by atoms with van der Waals surface area (Å²) < 4.78 is 1.51. The summed E-state index contributed by atoms with van der Waals surface area (Å²) in [7, 11) is 0. The van der Waals surface area contributed by atoms with Crippen LogP contribution in [0.5, 0.6) is 0 Å². The number of rotatable bonds is 5. The fraction of sp³-hybridized carbons (Fsp3) is 0.182. The Morgan fingerprint density at radius 1 is 1.28 bits per heavy atom. The maximum absolute atomic E-state index is 10.9. The van der Waals surface area contributed by atoms with Crippen LogP contribution in [0.15, 0.2) is 35.5 Å². The fourth-order valence-corrected chi connectivity index (χ4v) is 2.33. The van der Waals surface area contributed by atoms with Gasteiger partial charge in [0.1, 0.15) is 6.54 Å². The molecule has 4 N–H and O–H groups in total. The molecule has 0 saturated carbocycles. The van der Waals surface area contributed by atoms with Gasteiger partial charge >= 0.3 is 0 Å². The zero-order valence-electron chi connectivity index (χ0n) is 9.61. The first-order chi connectivity index (χ1) is 8.66. The number of benzene rings is 1. The zero-order valence-corrected chi connectivity index (χ0v) is 10.4. The number of nitrogen functional groups attached to an aromatic ring is 1. The van der Waals surface area contributed by atoms with Crippen LogP contribution in [0.25, 0.3) is 0 Å². The van der Waals surface area contributed by atoms with Gasteiger partial charge in [0.2, 0.25) is 11.9 Å². The Kier molecular flexibility index (Phi) is 3.83. The van der Waals surface area contributed by atoms with Gasteiger partial charge in [0, 0.05) is 5.75 Å². The van der Waals surface area contributed by atoms with Crippen molar-refractivity contribution in [3.05, 3.63) is 35.9 Å². The monoisotopic (exact) mass is 263 g/mol. The van der Waals surface area contributed by atoms with E-state index < -0.39 is 5.91 Å². The molecule has 7 heteroatoms. The summed E-state index contributed by atoms with van der Waals surface area (Å²) in [6.45, 7) is -0.00401. The summed E-state index contributed by atoms with van der Waals surface area (Å²) in [6, 6.07) is 9.94. The first-order valence-corrected chi connectivity index (χ1v) is 6.29. The van der Waals surface area contributed by atoms with E-state index in [4.69, 9.17) is 11.5 Å². The number of aromatic nitrogens is 3. The van der Waals surface area contributed by atoms with Gasteiger partial charge in [-0.05, 0) is 5.56 Å². The van der Waals surface area contributed by atoms with E-state index >= 15 is 0 Å². The standard InChI is InChI=1S/C11H13N5OS/c12-9(17)6-16-10(13)14-15-11(16)18-7-8-4-2-1-3-5-8/h1-5H,6-7H2,(H2,12,17)(H2,13,14). The Balaban J connectivity index is 2.08. The van der Waals surface area contributed by atoms with Crippen molar-refractivity contribution in [1.29, 1.82) is 0 Å². The molecule has 1 aromatic carbocycles. The minimum atomic E-state index is -0.469. The summed E-state index contributed by atoms with van der Waals surface area (Å²) in [5, 5.41) is 8.26. The molecule has 0 aliphatic carbocycles. The lowest BCUT2D eigenvalue weighted by Crippen LogP contribution is -2.20. The largest absolute Gasteiger partial charge is 0.368 e. The van der Waals surface area contributed by atoms with Crippen LogP contribution in [0, 0.1) is 0 Å². The van der Waals surface area contributed by atoms with Gasteiger partial charge in [-0.25, -0.2) is 0 Å². The van der Waals surface area contributed by atoms with E-state index in [9.17, 15) is 4.79 Å². The average molecular weight is 263 g/mol. The molecule has 2 aromatic rings. The summed E-state index contributed by atoms with van der Waals surface area (Å²) in [5.74, 6) is 0.463. The van der Waals surface area contributed by atoms with Crippen molar-refractivity contribution in [3.63, 3.8) is 0 Å².